The van der Waals surface area contributed by atoms with Crippen molar-refractivity contribution in [3.63, 3.8) is 0 Å². The van der Waals surface area contributed by atoms with E-state index in [9.17, 15) is 0 Å². The van der Waals surface area contributed by atoms with Gasteiger partial charge >= 0.3 is 0 Å². The molecule has 2 rings (SSSR count). The number of benzene rings is 1. The molecule has 1 N–H and O–H groups in total. The van der Waals surface area contributed by atoms with Crippen molar-refractivity contribution < 1.29 is 14.2 Å². The van der Waals surface area contributed by atoms with Crippen molar-refractivity contribution in [3.8, 4) is 17.2 Å². The molecule has 0 fully saturated rings. The number of aromatic amines is 1. The number of aromatic nitrogens is 3. The SMILES string of the molecule is COc1cc(C=Nc2ncn[nH]2)cc(OC)c1OC. The van der Waals surface area contributed by atoms with Crippen molar-refractivity contribution in [1.29, 1.82) is 0 Å². The van der Waals surface area contributed by atoms with Gasteiger partial charge in [0.1, 0.15) is 6.33 Å². The third kappa shape index (κ3) is 2.82. The fourth-order valence-corrected chi connectivity index (χ4v) is 1.57. The Balaban J connectivity index is 2.36. The lowest BCUT2D eigenvalue weighted by Crippen LogP contribution is -1.96. The number of ether oxygens (including phenoxy) is 3. The lowest BCUT2D eigenvalue weighted by atomic mass is 10.2. The number of hydrogen-bond donors (Lipinski definition) is 1. The van der Waals surface area contributed by atoms with Crippen molar-refractivity contribution in [2.45, 2.75) is 0 Å². The molecule has 19 heavy (non-hydrogen) atoms. The van der Waals surface area contributed by atoms with Crippen LogP contribution in [0.25, 0.3) is 0 Å². The van der Waals surface area contributed by atoms with Gasteiger partial charge in [-0.2, -0.15) is 10.1 Å². The van der Waals surface area contributed by atoms with Crippen LogP contribution in [0.3, 0.4) is 0 Å². The van der Waals surface area contributed by atoms with Gasteiger partial charge in [-0.25, -0.2) is 10.1 Å². The zero-order valence-corrected chi connectivity index (χ0v) is 10.9. The maximum Gasteiger partial charge on any atom is 0.245 e. The second-order valence-electron chi connectivity index (χ2n) is 3.53. The molecule has 0 aliphatic carbocycles. The molecule has 0 unspecified atom stereocenters. The van der Waals surface area contributed by atoms with Crippen LogP contribution in [0, 0.1) is 0 Å². The molecule has 0 bridgehead atoms. The molecule has 1 heterocycles. The van der Waals surface area contributed by atoms with Crippen molar-refractivity contribution >= 4 is 12.2 Å². The van der Waals surface area contributed by atoms with E-state index in [0.717, 1.165) is 5.56 Å². The molecule has 0 amide bonds. The van der Waals surface area contributed by atoms with Crippen LogP contribution >= 0.6 is 0 Å². The lowest BCUT2D eigenvalue weighted by molar-refractivity contribution is 0.324. The molecule has 2 aromatic rings. The second kappa shape index (κ2) is 5.85. The van der Waals surface area contributed by atoms with Crippen LogP contribution in [-0.4, -0.2) is 42.7 Å². The molecule has 1 aromatic carbocycles. The number of aliphatic imine (C=N–C) groups is 1. The van der Waals surface area contributed by atoms with Gasteiger partial charge < -0.3 is 14.2 Å². The van der Waals surface area contributed by atoms with E-state index in [1.807, 2.05) is 0 Å². The van der Waals surface area contributed by atoms with Gasteiger partial charge in [-0.05, 0) is 12.1 Å². The number of rotatable bonds is 5. The van der Waals surface area contributed by atoms with Crippen LogP contribution in [0.1, 0.15) is 5.56 Å². The number of hydrogen-bond acceptors (Lipinski definition) is 6. The Bertz CT molecular complexity index is 541. The molecule has 7 nitrogen and oxygen atoms in total. The number of methoxy groups -OCH3 is 3. The summed E-state index contributed by atoms with van der Waals surface area (Å²) in [6.45, 7) is 0. The summed E-state index contributed by atoms with van der Waals surface area (Å²) >= 11 is 0. The van der Waals surface area contributed by atoms with Gasteiger partial charge in [0, 0.05) is 11.8 Å². The van der Waals surface area contributed by atoms with E-state index >= 15 is 0 Å². The van der Waals surface area contributed by atoms with Gasteiger partial charge in [0.05, 0.1) is 21.3 Å². The Morgan fingerprint density at radius 1 is 1.11 bits per heavy atom. The van der Waals surface area contributed by atoms with E-state index in [4.69, 9.17) is 14.2 Å². The molecular formula is C12H14N4O3. The van der Waals surface area contributed by atoms with E-state index in [2.05, 4.69) is 20.2 Å². The van der Waals surface area contributed by atoms with E-state index < -0.39 is 0 Å². The first-order valence-corrected chi connectivity index (χ1v) is 5.48. The standard InChI is InChI=1S/C12H14N4O3/c1-17-9-4-8(5-10(18-2)11(9)19-3)6-13-12-14-7-15-16-12/h4-7H,1-3H3,(H,14,15,16). The molecule has 0 radical (unpaired) electrons. The zero-order valence-electron chi connectivity index (χ0n) is 10.9. The summed E-state index contributed by atoms with van der Waals surface area (Å²) in [4.78, 5) is 8.04. The van der Waals surface area contributed by atoms with Crippen molar-refractivity contribution in [1.82, 2.24) is 15.2 Å². The summed E-state index contributed by atoms with van der Waals surface area (Å²) in [5, 5.41) is 6.35. The summed E-state index contributed by atoms with van der Waals surface area (Å²) < 4.78 is 15.7. The molecule has 0 atom stereocenters. The van der Waals surface area contributed by atoms with E-state index in [1.54, 1.807) is 39.7 Å². The smallest absolute Gasteiger partial charge is 0.245 e. The van der Waals surface area contributed by atoms with Crippen LogP contribution in [0.15, 0.2) is 23.5 Å². The van der Waals surface area contributed by atoms with Crippen LogP contribution in [-0.2, 0) is 0 Å². The highest BCUT2D eigenvalue weighted by Gasteiger charge is 2.12. The van der Waals surface area contributed by atoms with Crippen LogP contribution in [0.4, 0.5) is 5.95 Å². The fraction of sp³-hybridized carbons (Fsp3) is 0.250. The number of nitrogens with one attached hydrogen (secondary N) is 1. The summed E-state index contributed by atoms with van der Waals surface area (Å²) in [5.41, 5.74) is 0.797. The van der Waals surface area contributed by atoms with Gasteiger partial charge in [-0.3, -0.25) is 0 Å². The van der Waals surface area contributed by atoms with E-state index in [1.165, 1.54) is 6.33 Å². The largest absolute Gasteiger partial charge is 0.493 e. The quantitative estimate of drug-likeness (QED) is 0.827. The average molecular weight is 262 g/mol. The first kappa shape index (κ1) is 12.9. The Hall–Kier alpha value is -2.57. The van der Waals surface area contributed by atoms with Crippen molar-refractivity contribution in [2.75, 3.05) is 21.3 Å². The third-order valence-electron chi connectivity index (χ3n) is 2.43. The summed E-state index contributed by atoms with van der Waals surface area (Å²) in [6.07, 6.45) is 3.02. The molecule has 0 saturated heterocycles. The molecule has 7 heteroatoms. The van der Waals surface area contributed by atoms with Gasteiger partial charge in [0.25, 0.3) is 0 Å². The molecule has 1 aromatic heterocycles. The van der Waals surface area contributed by atoms with Crippen LogP contribution in [0.2, 0.25) is 0 Å². The maximum absolute atomic E-state index is 5.25. The molecule has 0 aliphatic rings. The number of nitrogens with zero attached hydrogens (tertiary/aromatic N) is 3. The van der Waals surface area contributed by atoms with Gasteiger partial charge in [0.15, 0.2) is 11.5 Å². The molecule has 0 aliphatic heterocycles. The lowest BCUT2D eigenvalue weighted by Gasteiger charge is -2.12. The van der Waals surface area contributed by atoms with Crippen LogP contribution < -0.4 is 14.2 Å². The Kier molecular flexibility index (Phi) is 3.97. The topological polar surface area (TPSA) is 81.6 Å². The Labute approximate surface area is 110 Å². The highest BCUT2D eigenvalue weighted by atomic mass is 16.5. The molecular weight excluding hydrogens is 248 g/mol. The van der Waals surface area contributed by atoms with Crippen molar-refractivity contribution in [2.24, 2.45) is 4.99 Å². The van der Waals surface area contributed by atoms with Gasteiger partial charge in [-0.1, -0.05) is 0 Å². The van der Waals surface area contributed by atoms with Gasteiger partial charge in [0.2, 0.25) is 11.7 Å². The first-order chi connectivity index (χ1) is 9.28. The molecule has 0 spiro atoms. The minimum absolute atomic E-state index is 0.425. The normalized spacial score (nSPS) is 10.7. The molecule has 0 saturated carbocycles. The average Bonchev–Trinajstić information content (AvgIpc) is 2.97. The second-order valence-corrected chi connectivity index (χ2v) is 3.53. The summed E-state index contributed by atoms with van der Waals surface area (Å²) in [5.74, 6) is 2.11. The van der Waals surface area contributed by atoms with Crippen LogP contribution in [0.5, 0.6) is 17.2 Å². The summed E-state index contributed by atoms with van der Waals surface area (Å²) in [7, 11) is 4.69. The highest BCUT2D eigenvalue weighted by Crippen LogP contribution is 2.37. The minimum Gasteiger partial charge on any atom is -0.493 e. The Morgan fingerprint density at radius 2 is 1.79 bits per heavy atom. The Morgan fingerprint density at radius 3 is 2.26 bits per heavy atom. The number of H-pyrrole nitrogens is 1. The predicted molar refractivity (Wildman–Crippen MR) is 69.7 cm³/mol. The maximum atomic E-state index is 5.25. The predicted octanol–water partition coefficient (Wildman–Crippen LogP) is 1.58. The summed E-state index contributed by atoms with van der Waals surface area (Å²) in [6, 6.07) is 3.59. The third-order valence-corrected chi connectivity index (χ3v) is 2.43. The first-order valence-electron chi connectivity index (χ1n) is 5.48. The van der Waals surface area contributed by atoms with E-state index in [-0.39, 0.29) is 0 Å². The fourth-order valence-electron chi connectivity index (χ4n) is 1.57. The van der Waals surface area contributed by atoms with E-state index in [0.29, 0.717) is 23.2 Å². The zero-order chi connectivity index (χ0) is 13.7. The van der Waals surface area contributed by atoms with Crippen molar-refractivity contribution in [3.05, 3.63) is 24.0 Å². The minimum atomic E-state index is 0.425. The monoisotopic (exact) mass is 262 g/mol. The molecule has 100 valence electrons. The van der Waals surface area contributed by atoms with Gasteiger partial charge in [-0.15, -0.1) is 0 Å². The highest BCUT2D eigenvalue weighted by molar-refractivity contribution is 5.83.